The second-order valence-corrected chi connectivity index (χ2v) is 4.31. The van der Waals surface area contributed by atoms with Gasteiger partial charge in [-0.05, 0) is 6.42 Å². The van der Waals surface area contributed by atoms with Crippen molar-refractivity contribution in [3.8, 4) is 0 Å². The minimum Gasteiger partial charge on any atom is -0.348 e. The number of aromatic amines is 1. The molecule has 0 spiro atoms. The molecule has 0 unspecified atom stereocenters. The van der Waals surface area contributed by atoms with E-state index in [0.29, 0.717) is 0 Å². The number of H-pyrrole nitrogens is 1. The Hall–Kier alpha value is -0.790. The van der Waals surface area contributed by atoms with Crippen LogP contribution in [0.25, 0.3) is 0 Å². The van der Waals surface area contributed by atoms with Crippen LogP contribution >= 0.6 is 0 Å². The molecule has 0 radical (unpaired) electrons. The summed E-state index contributed by atoms with van der Waals surface area (Å²) in [6.07, 6.45) is 8.87. The van der Waals surface area contributed by atoms with Crippen molar-refractivity contribution in [2.45, 2.75) is 51.9 Å². The average molecular weight is 180 g/mol. The van der Waals surface area contributed by atoms with Crippen LogP contribution in [0.4, 0.5) is 0 Å². The molecule has 74 valence electrons. The highest BCUT2D eigenvalue weighted by Crippen LogP contribution is 2.26. The minimum absolute atomic E-state index is 0.256. The van der Waals surface area contributed by atoms with Gasteiger partial charge < -0.3 is 4.98 Å². The molecule has 1 heterocycles. The molecule has 13 heavy (non-hydrogen) atoms. The van der Waals surface area contributed by atoms with E-state index in [4.69, 9.17) is 0 Å². The fourth-order valence-corrected chi connectivity index (χ4v) is 1.58. The number of nitrogens with one attached hydrogen (secondary N) is 1. The first kappa shape index (κ1) is 10.3. The monoisotopic (exact) mass is 180 g/mol. The molecule has 1 aromatic heterocycles. The Balaban J connectivity index is 2.46. The van der Waals surface area contributed by atoms with E-state index in [-0.39, 0.29) is 5.41 Å². The van der Waals surface area contributed by atoms with Crippen molar-refractivity contribution in [3.05, 3.63) is 18.2 Å². The van der Waals surface area contributed by atoms with Crippen LogP contribution in [-0.4, -0.2) is 9.97 Å². The van der Waals surface area contributed by atoms with Gasteiger partial charge in [0.05, 0.1) is 6.33 Å². The third kappa shape index (κ3) is 2.87. The summed E-state index contributed by atoms with van der Waals surface area (Å²) in [7, 11) is 0. The number of imidazole rings is 1. The van der Waals surface area contributed by atoms with Gasteiger partial charge in [-0.2, -0.15) is 0 Å². The van der Waals surface area contributed by atoms with Crippen LogP contribution < -0.4 is 0 Å². The molecule has 0 atom stereocenters. The largest absolute Gasteiger partial charge is 0.348 e. The smallest absolute Gasteiger partial charge is 0.0921 e. The van der Waals surface area contributed by atoms with Gasteiger partial charge in [0.15, 0.2) is 0 Å². The lowest BCUT2D eigenvalue weighted by Gasteiger charge is -2.22. The van der Waals surface area contributed by atoms with Gasteiger partial charge in [0.2, 0.25) is 0 Å². The second-order valence-electron chi connectivity index (χ2n) is 4.31. The second kappa shape index (κ2) is 4.45. The zero-order valence-electron chi connectivity index (χ0n) is 8.93. The van der Waals surface area contributed by atoms with E-state index in [9.17, 15) is 0 Å². The van der Waals surface area contributed by atoms with Crippen LogP contribution in [0.5, 0.6) is 0 Å². The number of unbranched alkanes of at least 4 members (excludes halogenated alkanes) is 2. The van der Waals surface area contributed by atoms with Crippen LogP contribution in [0.2, 0.25) is 0 Å². The summed E-state index contributed by atoms with van der Waals surface area (Å²) in [5.74, 6) is 0. The fraction of sp³-hybridized carbons (Fsp3) is 0.727. The molecule has 1 aromatic rings. The highest BCUT2D eigenvalue weighted by molar-refractivity contribution is 5.09. The Bertz CT molecular complexity index is 224. The molecule has 0 fully saturated rings. The molecule has 0 aliphatic carbocycles. The molecule has 0 saturated heterocycles. The lowest BCUT2D eigenvalue weighted by molar-refractivity contribution is 0.440. The van der Waals surface area contributed by atoms with Gasteiger partial charge in [0.25, 0.3) is 0 Å². The van der Waals surface area contributed by atoms with Gasteiger partial charge >= 0.3 is 0 Å². The Morgan fingerprint density at radius 1 is 1.38 bits per heavy atom. The van der Waals surface area contributed by atoms with Crippen LogP contribution in [-0.2, 0) is 5.41 Å². The molecule has 0 aromatic carbocycles. The van der Waals surface area contributed by atoms with Crippen LogP contribution in [0.15, 0.2) is 12.5 Å². The summed E-state index contributed by atoms with van der Waals surface area (Å²) >= 11 is 0. The summed E-state index contributed by atoms with van der Waals surface area (Å²) in [4.78, 5) is 7.25. The van der Waals surface area contributed by atoms with Crippen LogP contribution in [0.3, 0.4) is 0 Å². The third-order valence-electron chi connectivity index (χ3n) is 2.63. The van der Waals surface area contributed by atoms with Crippen molar-refractivity contribution >= 4 is 0 Å². The van der Waals surface area contributed by atoms with Gasteiger partial charge in [0, 0.05) is 17.3 Å². The van der Waals surface area contributed by atoms with Gasteiger partial charge in [-0.1, -0.05) is 40.0 Å². The molecule has 2 heteroatoms. The number of rotatable bonds is 5. The Morgan fingerprint density at radius 2 is 2.15 bits per heavy atom. The summed E-state index contributed by atoms with van der Waals surface area (Å²) in [6, 6.07) is 0. The number of hydrogen-bond donors (Lipinski definition) is 1. The summed E-state index contributed by atoms with van der Waals surface area (Å²) in [5.41, 5.74) is 1.51. The van der Waals surface area contributed by atoms with Gasteiger partial charge in [0.1, 0.15) is 0 Å². The van der Waals surface area contributed by atoms with E-state index in [1.807, 2.05) is 6.20 Å². The molecule has 0 aliphatic heterocycles. The van der Waals surface area contributed by atoms with Crippen LogP contribution in [0.1, 0.15) is 52.1 Å². The summed E-state index contributed by atoms with van der Waals surface area (Å²) in [6.45, 7) is 6.79. The van der Waals surface area contributed by atoms with E-state index >= 15 is 0 Å². The first-order chi connectivity index (χ1) is 6.17. The molecule has 0 aliphatic rings. The topological polar surface area (TPSA) is 28.7 Å². The number of nitrogens with zero attached hydrogens (tertiary/aromatic N) is 1. The maximum absolute atomic E-state index is 4.06. The normalized spacial score (nSPS) is 11.9. The van der Waals surface area contributed by atoms with Gasteiger partial charge in [-0.3, -0.25) is 0 Å². The molecule has 2 nitrogen and oxygen atoms in total. The van der Waals surface area contributed by atoms with E-state index in [1.54, 1.807) is 6.33 Å². The third-order valence-corrected chi connectivity index (χ3v) is 2.63. The van der Waals surface area contributed by atoms with Crippen molar-refractivity contribution in [2.75, 3.05) is 0 Å². The van der Waals surface area contributed by atoms with Crippen molar-refractivity contribution < 1.29 is 0 Å². The van der Waals surface area contributed by atoms with Crippen molar-refractivity contribution in [1.82, 2.24) is 9.97 Å². The molecular formula is C11H20N2. The first-order valence-electron chi connectivity index (χ1n) is 5.15. The quantitative estimate of drug-likeness (QED) is 0.692. The molecule has 1 N–H and O–H groups in total. The fourth-order valence-electron chi connectivity index (χ4n) is 1.58. The first-order valence-corrected chi connectivity index (χ1v) is 5.15. The van der Waals surface area contributed by atoms with E-state index in [1.165, 1.54) is 31.4 Å². The maximum atomic E-state index is 4.06. The zero-order valence-corrected chi connectivity index (χ0v) is 8.93. The van der Waals surface area contributed by atoms with Gasteiger partial charge in [-0.25, -0.2) is 4.98 Å². The summed E-state index contributed by atoms with van der Waals surface area (Å²) in [5, 5.41) is 0. The summed E-state index contributed by atoms with van der Waals surface area (Å²) < 4.78 is 0. The molecule has 1 rings (SSSR count). The Kier molecular flexibility index (Phi) is 3.52. The van der Waals surface area contributed by atoms with Crippen molar-refractivity contribution in [2.24, 2.45) is 0 Å². The highest BCUT2D eigenvalue weighted by Gasteiger charge is 2.20. The van der Waals surface area contributed by atoms with Crippen molar-refractivity contribution in [3.63, 3.8) is 0 Å². The maximum Gasteiger partial charge on any atom is 0.0921 e. The SMILES string of the molecule is CCCCCC(C)(C)c1cnc[nH]1. The Morgan fingerprint density at radius 3 is 2.69 bits per heavy atom. The standard InChI is InChI=1S/C11H20N2/c1-4-5-6-7-11(2,3)10-8-12-9-13-10/h8-9H,4-7H2,1-3H3,(H,12,13). The van der Waals surface area contributed by atoms with E-state index in [2.05, 4.69) is 30.7 Å². The predicted octanol–water partition coefficient (Wildman–Crippen LogP) is 3.27. The Labute approximate surface area is 80.8 Å². The average Bonchev–Trinajstić information content (AvgIpc) is 2.56. The van der Waals surface area contributed by atoms with Crippen LogP contribution in [0, 0.1) is 0 Å². The predicted molar refractivity (Wildman–Crippen MR) is 55.8 cm³/mol. The number of hydrogen-bond acceptors (Lipinski definition) is 1. The lowest BCUT2D eigenvalue weighted by atomic mass is 9.84. The van der Waals surface area contributed by atoms with E-state index < -0.39 is 0 Å². The molecule has 0 saturated carbocycles. The number of aromatic nitrogens is 2. The molecule has 0 amide bonds. The zero-order chi connectivity index (χ0) is 9.73. The minimum atomic E-state index is 0.256. The van der Waals surface area contributed by atoms with Gasteiger partial charge in [-0.15, -0.1) is 0 Å². The van der Waals surface area contributed by atoms with Crippen molar-refractivity contribution in [1.29, 1.82) is 0 Å². The lowest BCUT2D eigenvalue weighted by Crippen LogP contribution is -2.17. The molecule has 0 bridgehead atoms. The van der Waals surface area contributed by atoms with E-state index in [0.717, 1.165) is 0 Å². The highest BCUT2D eigenvalue weighted by atomic mass is 14.9. The molecular weight excluding hydrogens is 160 g/mol.